The highest BCUT2D eigenvalue weighted by molar-refractivity contribution is 7.08. The Morgan fingerprint density at radius 3 is 2.62 bits per heavy atom. The van der Waals surface area contributed by atoms with Crippen LogP contribution in [-0.4, -0.2) is 44.6 Å². The van der Waals surface area contributed by atoms with Crippen LogP contribution in [0.4, 0.5) is 0 Å². The first-order valence-electron chi connectivity index (χ1n) is 4.92. The lowest BCUT2D eigenvalue weighted by atomic mass is 10.2. The van der Waals surface area contributed by atoms with Gasteiger partial charge in [-0.25, -0.2) is 0 Å². The van der Waals surface area contributed by atoms with Gasteiger partial charge in [0.25, 0.3) is 5.91 Å². The molecule has 0 fully saturated rings. The molecule has 88 valence electrons. The molecule has 7 heteroatoms. The molecule has 0 unspecified atom stereocenters. The van der Waals surface area contributed by atoms with Crippen molar-refractivity contribution < 1.29 is 14.7 Å². The van der Waals surface area contributed by atoms with Gasteiger partial charge >= 0.3 is 5.97 Å². The second kappa shape index (κ2) is 5.55. The molecule has 0 saturated carbocycles. The summed E-state index contributed by atoms with van der Waals surface area (Å²) in [5, 5.41) is 12.5. The van der Waals surface area contributed by atoms with Gasteiger partial charge in [0.05, 0.1) is 5.69 Å². The van der Waals surface area contributed by atoms with Crippen LogP contribution < -0.4 is 0 Å². The van der Waals surface area contributed by atoms with Crippen LogP contribution in [0, 0.1) is 0 Å². The maximum absolute atomic E-state index is 11.9. The summed E-state index contributed by atoms with van der Waals surface area (Å²) >= 11 is 1.01. The first kappa shape index (κ1) is 12.6. The Bertz CT molecular complexity index is 391. The first-order valence-corrected chi connectivity index (χ1v) is 5.69. The lowest BCUT2D eigenvalue weighted by Gasteiger charge is -2.17. The highest BCUT2D eigenvalue weighted by Crippen LogP contribution is 2.14. The highest BCUT2D eigenvalue weighted by atomic mass is 32.1. The topological polar surface area (TPSA) is 83.4 Å². The number of hydrogen-bond acceptors (Lipinski definition) is 5. The molecule has 1 N–H and O–H groups in total. The molecule has 0 aliphatic rings. The smallest absolute Gasteiger partial charge is 0.323 e. The number of nitrogens with zero attached hydrogens (tertiary/aromatic N) is 3. The van der Waals surface area contributed by atoms with Gasteiger partial charge in [-0.15, -0.1) is 5.10 Å². The van der Waals surface area contributed by atoms with Crippen LogP contribution in [0.3, 0.4) is 0 Å². The lowest BCUT2D eigenvalue weighted by Crippen LogP contribution is -2.35. The normalized spacial score (nSPS) is 10.1. The third-order valence-electron chi connectivity index (χ3n) is 2.08. The Kier molecular flexibility index (Phi) is 4.36. The van der Waals surface area contributed by atoms with E-state index in [1.165, 1.54) is 4.90 Å². The molecule has 16 heavy (non-hydrogen) atoms. The molecule has 0 aliphatic heterocycles. The van der Waals surface area contributed by atoms with E-state index < -0.39 is 5.97 Å². The van der Waals surface area contributed by atoms with Gasteiger partial charge in [-0.1, -0.05) is 11.4 Å². The number of carboxylic acids is 1. The van der Waals surface area contributed by atoms with Crippen LogP contribution in [0.1, 0.15) is 29.2 Å². The van der Waals surface area contributed by atoms with Crippen LogP contribution in [0.25, 0.3) is 0 Å². The molecule has 1 amide bonds. The number of likely N-dealkylation sites (N-methyl/N-ethyl adjacent to an activating group) is 1. The quantitative estimate of drug-likeness (QED) is 0.820. The molecule has 0 spiro atoms. The van der Waals surface area contributed by atoms with Crippen molar-refractivity contribution in [1.82, 2.24) is 14.5 Å². The number of carboxylic acid groups (broad SMARTS) is 1. The minimum Gasteiger partial charge on any atom is -0.480 e. The van der Waals surface area contributed by atoms with Crippen molar-refractivity contribution in [3.63, 3.8) is 0 Å². The van der Waals surface area contributed by atoms with Gasteiger partial charge in [0.15, 0.2) is 0 Å². The predicted molar refractivity (Wildman–Crippen MR) is 58.5 cm³/mol. The molecule has 6 nitrogen and oxygen atoms in total. The molecular weight excluding hydrogens is 230 g/mol. The molecule has 1 aromatic rings. The van der Waals surface area contributed by atoms with Crippen LogP contribution in [-0.2, 0) is 11.2 Å². The van der Waals surface area contributed by atoms with Crippen molar-refractivity contribution in [2.24, 2.45) is 0 Å². The summed E-state index contributed by atoms with van der Waals surface area (Å²) in [7, 11) is 0. The summed E-state index contributed by atoms with van der Waals surface area (Å²) in [6.45, 7) is 3.67. The summed E-state index contributed by atoms with van der Waals surface area (Å²) in [4.78, 5) is 24.2. The molecule has 0 aliphatic carbocycles. The van der Waals surface area contributed by atoms with Crippen molar-refractivity contribution in [3.8, 4) is 0 Å². The maximum Gasteiger partial charge on any atom is 0.323 e. The third-order valence-corrected chi connectivity index (χ3v) is 2.84. The standard InChI is InChI=1S/C9H13N3O3S/c1-3-6-8(16-11-10-6)9(15)12(4-2)5-7(13)14/h3-5H2,1-2H3,(H,13,14). The van der Waals surface area contributed by atoms with E-state index in [1.54, 1.807) is 6.92 Å². The van der Waals surface area contributed by atoms with E-state index in [0.29, 0.717) is 23.5 Å². The first-order chi connectivity index (χ1) is 7.60. The average Bonchev–Trinajstić information content (AvgIpc) is 2.72. The van der Waals surface area contributed by atoms with Gasteiger partial charge in [-0.2, -0.15) is 0 Å². The van der Waals surface area contributed by atoms with Crippen LogP contribution >= 0.6 is 11.5 Å². The van der Waals surface area contributed by atoms with Crippen molar-refractivity contribution in [3.05, 3.63) is 10.6 Å². The summed E-state index contributed by atoms with van der Waals surface area (Å²) in [5.41, 5.74) is 0.624. The maximum atomic E-state index is 11.9. The van der Waals surface area contributed by atoms with Crippen LogP contribution in [0.15, 0.2) is 0 Å². The second-order valence-corrected chi connectivity index (χ2v) is 3.87. The molecule has 0 aromatic carbocycles. The molecule has 1 rings (SSSR count). The fourth-order valence-corrected chi connectivity index (χ4v) is 1.96. The SMILES string of the molecule is CCc1nnsc1C(=O)N(CC)CC(=O)O. The summed E-state index contributed by atoms with van der Waals surface area (Å²) < 4.78 is 3.71. The van der Waals surface area contributed by atoms with Crippen molar-refractivity contribution in [2.75, 3.05) is 13.1 Å². The Hall–Kier alpha value is -1.50. The monoisotopic (exact) mass is 243 g/mol. The zero-order chi connectivity index (χ0) is 12.1. The van der Waals surface area contributed by atoms with Crippen molar-refractivity contribution in [2.45, 2.75) is 20.3 Å². The van der Waals surface area contributed by atoms with Crippen molar-refractivity contribution in [1.29, 1.82) is 0 Å². The number of amides is 1. The minimum atomic E-state index is -1.02. The number of aromatic nitrogens is 2. The zero-order valence-corrected chi connectivity index (χ0v) is 9.95. The Morgan fingerprint density at radius 2 is 2.12 bits per heavy atom. The fraction of sp³-hybridized carbons (Fsp3) is 0.556. The summed E-state index contributed by atoms with van der Waals surface area (Å²) in [6, 6.07) is 0. The number of carbonyl (C=O) groups is 2. The van der Waals surface area contributed by atoms with Gasteiger partial charge in [0.1, 0.15) is 11.4 Å². The molecule has 0 bridgehead atoms. The molecule has 0 saturated heterocycles. The van der Waals surface area contributed by atoms with E-state index in [2.05, 4.69) is 9.59 Å². The second-order valence-electron chi connectivity index (χ2n) is 3.12. The number of carbonyl (C=O) groups excluding carboxylic acids is 1. The zero-order valence-electron chi connectivity index (χ0n) is 9.13. The van der Waals surface area contributed by atoms with E-state index in [-0.39, 0.29) is 12.5 Å². The minimum absolute atomic E-state index is 0.295. The summed E-state index contributed by atoms with van der Waals surface area (Å²) in [6.07, 6.45) is 0.613. The van der Waals surface area contributed by atoms with E-state index in [9.17, 15) is 9.59 Å². The Morgan fingerprint density at radius 1 is 1.44 bits per heavy atom. The number of aliphatic carboxylic acids is 1. The van der Waals surface area contributed by atoms with E-state index >= 15 is 0 Å². The highest BCUT2D eigenvalue weighted by Gasteiger charge is 2.22. The fourth-order valence-electron chi connectivity index (χ4n) is 1.24. The molecule has 0 atom stereocenters. The van der Waals surface area contributed by atoms with E-state index in [1.807, 2.05) is 6.92 Å². The molecule has 0 radical (unpaired) electrons. The average molecular weight is 243 g/mol. The van der Waals surface area contributed by atoms with Crippen LogP contribution in [0.2, 0.25) is 0 Å². The molecule has 1 aromatic heterocycles. The largest absolute Gasteiger partial charge is 0.480 e. The summed E-state index contributed by atoms with van der Waals surface area (Å²) in [5.74, 6) is -1.33. The molecule has 1 heterocycles. The lowest BCUT2D eigenvalue weighted by molar-refractivity contribution is -0.137. The number of aryl methyl sites for hydroxylation is 1. The van der Waals surface area contributed by atoms with Gasteiger partial charge in [0, 0.05) is 6.54 Å². The van der Waals surface area contributed by atoms with E-state index in [4.69, 9.17) is 5.11 Å². The predicted octanol–water partition coefficient (Wildman–Crippen LogP) is 0.647. The third kappa shape index (κ3) is 2.75. The van der Waals surface area contributed by atoms with Crippen LogP contribution in [0.5, 0.6) is 0 Å². The van der Waals surface area contributed by atoms with Gasteiger partial charge < -0.3 is 10.0 Å². The van der Waals surface area contributed by atoms with Crippen molar-refractivity contribution >= 4 is 23.4 Å². The van der Waals surface area contributed by atoms with E-state index in [0.717, 1.165) is 11.5 Å². The Balaban J connectivity index is 2.86. The molecular formula is C9H13N3O3S. The van der Waals surface area contributed by atoms with Gasteiger partial charge in [0.2, 0.25) is 0 Å². The number of hydrogen-bond donors (Lipinski definition) is 1. The Labute approximate surface area is 97.1 Å². The van der Waals surface area contributed by atoms with Gasteiger partial charge in [-0.3, -0.25) is 9.59 Å². The van der Waals surface area contributed by atoms with Gasteiger partial charge in [-0.05, 0) is 24.9 Å². The number of rotatable bonds is 5.